The quantitative estimate of drug-likeness (QED) is 0.858. The fraction of sp³-hybridized carbons (Fsp3) is 0.500. The first-order chi connectivity index (χ1) is 8.63. The van der Waals surface area contributed by atoms with Crippen molar-refractivity contribution >= 4 is 5.91 Å². The Morgan fingerprint density at radius 1 is 1.32 bits per heavy atom. The molecular formula is C14H20FNO3. The lowest BCUT2D eigenvalue weighted by Gasteiger charge is -2.37. The number of para-hydroxylation sites is 1. The second kappa shape index (κ2) is 5.57. The molecule has 0 aliphatic heterocycles. The van der Waals surface area contributed by atoms with E-state index in [1.165, 1.54) is 12.1 Å². The summed E-state index contributed by atoms with van der Waals surface area (Å²) in [5, 5.41) is 12.6. The minimum absolute atomic E-state index is 0.0266. The van der Waals surface area contributed by atoms with Gasteiger partial charge in [0, 0.05) is 0 Å². The van der Waals surface area contributed by atoms with Gasteiger partial charge in [0.1, 0.15) is 0 Å². The van der Waals surface area contributed by atoms with E-state index >= 15 is 0 Å². The Bertz CT molecular complexity index is 452. The molecule has 1 rings (SSSR count). The van der Waals surface area contributed by atoms with Crippen molar-refractivity contribution < 1.29 is 19.0 Å². The fourth-order valence-electron chi connectivity index (χ4n) is 1.24. The molecule has 0 spiro atoms. The average molecular weight is 269 g/mol. The van der Waals surface area contributed by atoms with E-state index in [4.69, 9.17) is 4.74 Å². The van der Waals surface area contributed by atoms with Gasteiger partial charge in [-0.3, -0.25) is 4.79 Å². The van der Waals surface area contributed by atoms with Crippen LogP contribution >= 0.6 is 0 Å². The largest absolute Gasteiger partial charge is 0.481 e. The summed E-state index contributed by atoms with van der Waals surface area (Å²) in [6, 6.07) is 5.87. The normalized spacial score (nSPS) is 12.1. The Hall–Kier alpha value is -1.62. The third-order valence-electron chi connectivity index (χ3n) is 3.18. The molecule has 5 heteroatoms. The smallest absolute Gasteiger partial charge is 0.258 e. The third-order valence-corrected chi connectivity index (χ3v) is 3.18. The van der Waals surface area contributed by atoms with Crippen molar-refractivity contribution in [2.75, 3.05) is 6.61 Å². The predicted molar refractivity (Wildman–Crippen MR) is 70.4 cm³/mol. The number of hydrogen-bond acceptors (Lipinski definition) is 3. The summed E-state index contributed by atoms with van der Waals surface area (Å²) in [5.41, 5.74) is -1.90. The zero-order valence-corrected chi connectivity index (χ0v) is 11.7. The number of benzene rings is 1. The Kier molecular flexibility index (Phi) is 4.52. The second-order valence-corrected chi connectivity index (χ2v) is 5.45. The molecule has 0 fully saturated rings. The van der Waals surface area contributed by atoms with Crippen molar-refractivity contribution in [1.82, 2.24) is 5.32 Å². The maximum absolute atomic E-state index is 13.3. The van der Waals surface area contributed by atoms with Gasteiger partial charge in [-0.15, -0.1) is 0 Å². The number of rotatable bonds is 5. The van der Waals surface area contributed by atoms with Crippen LogP contribution in [0.2, 0.25) is 0 Å². The van der Waals surface area contributed by atoms with E-state index in [1.807, 2.05) is 0 Å². The van der Waals surface area contributed by atoms with Crippen LogP contribution in [0.25, 0.3) is 0 Å². The molecule has 0 heterocycles. The molecule has 1 aromatic carbocycles. The summed E-state index contributed by atoms with van der Waals surface area (Å²) >= 11 is 0. The van der Waals surface area contributed by atoms with Crippen LogP contribution in [0.1, 0.15) is 27.7 Å². The van der Waals surface area contributed by atoms with Crippen molar-refractivity contribution in [2.24, 2.45) is 0 Å². The minimum atomic E-state index is -1.08. The van der Waals surface area contributed by atoms with Gasteiger partial charge in [0.05, 0.1) is 11.1 Å². The van der Waals surface area contributed by atoms with Gasteiger partial charge >= 0.3 is 0 Å². The summed E-state index contributed by atoms with van der Waals surface area (Å²) in [6.45, 7) is 6.30. The van der Waals surface area contributed by atoms with E-state index in [9.17, 15) is 14.3 Å². The number of hydrogen-bond donors (Lipinski definition) is 2. The van der Waals surface area contributed by atoms with Crippen LogP contribution in [-0.2, 0) is 4.79 Å². The first-order valence-corrected chi connectivity index (χ1v) is 6.04. The Labute approximate surface area is 112 Å². The molecule has 0 aliphatic carbocycles. The van der Waals surface area contributed by atoms with Gasteiger partial charge in [-0.25, -0.2) is 4.39 Å². The molecular weight excluding hydrogens is 249 g/mol. The minimum Gasteiger partial charge on any atom is -0.481 e. The van der Waals surface area contributed by atoms with Crippen LogP contribution in [0.15, 0.2) is 24.3 Å². The van der Waals surface area contributed by atoms with Crippen molar-refractivity contribution in [3.8, 4) is 5.75 Å². The third kappa shape index (κ3) is 4.21. The summed E-state index contributed by atoms with van der Waals surface area (Å²) in [6.07, 6.45) is 0. The van der Waals surface area contributed by atoms with Crippen molar-refractivity contribution in [1.29, 1.82) is 0 Å². The number of nitrogens with one attached hydrogen (secondary N) is 1. The van der Waals surface area contributed by atoms with Crippen LogP contribution < -0.4 is 10.1 Å². The molecule has 0 radical (unpaired) electrons. The zero-order valence-electron chi connectivity index (χ0n) is 11.7. The molecule has 0 saturated heterocycles. The summed E-state index contributed by atoms with van der Waals surface area (Å²) in [4.78, 5) is 11.7. The van der Waals surface area contributed by atoms with Crippen molar-refractivity contribution in [2.45, 2.75) is 38.8 Å². The van der Waals surface area contributed by atoms with Crippen molar-refractivity contribution in [3.05, 3.63) is 30.1 Å². The Morgan fingerprint density at radius 2 is 1.89 bits per heavy atom. The van der Waals surface area contributed by atoms with Crippen LogP contribution in [0, 0.1) is 5.82 Å². The standard InChI is InChI=1S/C14H20FNO3/c1-13(2,14(3,4)18)16-12(17)9-19-11-8-6-5-7-10(11)15/h5-8,18H,9H2,1-4H3,(H,16,17). The van der Waals surface area contributed by atoms with Crippen LogP contribution in [0.5, 0.6) is 5.75 Å². The number of ether oxygens (including phenoxy) is 1. The highest BCUT2D eigenvalue weighted by atomic mass is 19.1. The lowest BCUT2D eigenvalue weighted by molar-refractivity contribution is -0.128. The topological polar surface area (TPSA) is 58.6 Å². The van der Waals surface area contributed by atoms with Crippen LogP contribution in [-0.4, -0.2) is 28.8 Å². The van der Waals surface area contributed by atoms with E-state index < -0.39 is 22.9 Å². The van der Waals surface area contributed by atoms with Crippen LogP contribution in [0.4, 0.5) is 4.39 Å². The molecule has 0 saturated carbocycles. The van der Waals surface area contributed by atoms with Gasteiger partial charge in [0.2, 0.25) is 0 Å². The highest BCUT2D eigenvalue weighted by molar-refractivity contribution is 5.78. The van der Waals surface area contributed by atoms with E-state index in [1.54, 1.807) is 39.8 Å². The van der Waals surface area contributed by atoms with Gasteiger partial charge in [-0.2, -0.15) is 0 Å². The Balaban J connectivity index is 2.56. The molecule has 0 unspecified atom stereocenters. The summed E-state index contributed by atoms with van der Waals surface area (Å²) < 4.78 is 18.4. The van der Waals surface area contributed by atoms with E-state index in [-0.39, 0.29) is 12.4 Å². The number of amides is 1. The number of carbonyl (C=O) groups excluding carboxylic acids is 1. The molecule has 19 heavy (non-hydrogen) atoms. The SMILES string of the molecule is CC(C)(O)C(C)(C)NC(=O)COc1ccccc1F. The monoisotopic (exact) mass is 269 g/mol. The fourth-order valence-corrected chi connectivity index (χ4v) is 1.24. The van der Waals surface area contributed by atoms with Gasteiger partial charge < -0.3 is 15.2 Å². The maximum Gasteiger partial charge on any atom is 0.258 e. The molecule has 4 nitrogen and oxygen atoms in total. The van der Waals surface area contributed by atoms with Gasteiger partial charge in [0.15, 0.2) is 18.2 Å². The van der Waals surface area contributed by atoms with E-state index in [0.29, 0.717) is 0 Å². The molecule has 0 aliphatic rings. The Morgan fingerprint density at radius 3 is 2.42 bits per heavy atom. The first-order valence-electron chi connectivity index (χ1n) is 6.04. The zero-order chi connectivity index (χ0) is 14.7. The first kappa shape index (κ1) is 15.4. The molecule has 0 atom stereocenters. The highest BCUT2D eigenvalue weighted by Gasteiger charge is 2.36. The molecule has 1 aromatic rings. The molecule has 2 N–H and O–H groups in total. The van der Waals surface area contributed by atoms with Gasteiger partial charge in [-0.1, -0.05) is 12.1 Å². The molecule has 106 valence electrons. The highest BCUT2D eigenvalue weighted by Crippen LogP contribution is 2.20. The summed E-state index contributed by atoms with van der Waals surface area (Å²) in [7, 11) is 0. The lowest BCUT2D eigenvalue weighted by atomic mass is 9.86. The maximum atomic E-state index is 13.3. The van der Waals surface area contributed by atoms with Crippen molar-refractivity contribution in [3.63, 3.8) is 0 Å². The number of halogens is 1. The predicted octanol–water partition coefficient (Wildman–Crippen LogP) is 1.87. The van der Waals surface area contributed by atoms with Gasteiger partial charge in [-0.05, 0) is 39.8 Å². The lowest BCUT2D eigenvalue weighted by Crippen LogP contribution is -2.58. The van der Waals surface area contributed by atoms with E-state index in [0.717, 1.165) is 0 Å². The number of carbonyl (C=O) groups is 1. The van der Waals surface area contributed by atoms with Gasteiger partial charge in [0.25, 0.3) is 5.91 Å². The molecule has 0 aromatic heterocycles. The second-order valence-electron chi connectivity index (χ2n) is 5.45. The molecule has 0 bridgehead atoms. The summed E-state index contributed by atoms with van der Waals surface area (Å²) in [5.74, 6) is -0.911. The average Bonchev–Trinajstić information content (AvgIpc) is 2.26. The van der Waals surface area contributed by atoms with E-state index in [2.05, 4.69) is 5.32 Å². The number of aliphatic hydroxyl groups is 1. The molecule has 1 amide bonds. The van der Waals surface area contributed by atoms with Crippen LogP contribution in [0.3, 0.4) is 0 Å².